The number of H-pyrrole nitrogens is 1. The van der Waals surface area contributed by atoms with Crippen molar-refractivity contribution in [1.82, 2.24) is 29.8 Å². The van der Waals surface area contributed by atoms with Gasteiger partial charge in [-0.3, -0.25) is 10.1 Å². The van der Waals surface area contributed by atoms with E-state index in [2.05, 4.69) is 32.9 Å². The molecule has 0 bridgehead atoms. The molecule has 1 amide bonds. The number of aromatic amines is 1. The first kappa shape index (κ1) is 26.9. The van der Waals surface area contributed by atoms with Gasteiger partial charge in [0.1, 0.15) is 0 Å². The van der Waals surface area contributed by atoms with Crippen molar-refractivity contribution in [3.8, 4) is 0 Å². The number of carbonyl (C=O) groups excluding carboxylic acids is 1. The summed E-state index contributed by atoms with van der Waals surface area (Å²) in [4.78, 5) is 17.3. The number of carbonyl (C=O) groups is 1. The molecular weight excluding hydrogens is 521 g/mol. The third-order valence-corrected chi connectivity index (χ3v) is 6.61. The number of hydrogen-bond donors (Lipinski definition) is 2. The van der Waals surface area contributed by atoms with Crippen LogP contribution in [0, 0.1) is 0 Å². The highest BCUT2D eigenvalue weighted by Gasteiger charge is 2.31. The van der Waals surface area contributed by atoms with Crippen molar-refractivity contribution in [3.63, 3.8) is 0 Å². The largest absolute Gasteiger partial charge is 0.416 e. The van der Waals surface area contributed by atoms with Crippen molar-refractivity contribution in [1.29, 1.82) is 0 Å². The molecule has 0 saturated carbocycles. The highest BCUT2D eigenvalue weighted by atomic mass is 19.4. The highest BCUT2D eigenvalue weighted by Crippen LogP contribution is 2.31. The lowest BCUT2D eigenvalue weighted by Crippen LogP contribution is -2.24. The molecule has 3 aromatic carbocycles. The van der Waals surface area contributed by atoms with Crippen molar-refractivity contribution in [3.05, 3.63) is 94.6 Å². The Morgan fingerprint density at radius 1 is 1.00 bits per heavy atom. The van der Waals surface area contributed by atoms with E-state index in [1.54, 1.807) is 40.4 Å². The Morgan fingerprint density at radius 3 is 2.38 bits per heavy atom. The van der Waals surface area contributed by atoms with Gasteiger partial charge in [0.25, 0.3) is 5.91 Å². The fraction of sp³-hybridized carbons (Fsp3) is 0.250. The number of imidazole rings is 1. The molecule has 9 nitrogen and oxygen atoms in total. The van der Waals surface area contributed by atoms with Crippen LogP contribution in [-0.2, 0) is 26.2 Å². The summed E-state index contributed by atoms with van der Waals surface area (Å²) in [6.45, 7) is 2.38. The van der Waals surface area contributed by atoms with Crippen LogP contribution in [0.4, 0.5) is 24.8 Å². The lowest BCUT2D eigenvalue weighted by Gasteiger charge is -2.09. The maximum absolute atomic E-state index is 13.6. The summed E-state index contributed by atoms with van der Waals surface area (Å²) in [5.74, 6) is -0.290. The van der Waals surface area contributed by atoms with E-state index in [0.717, 1.165) is 37.0 Å². The van der Waals surface area contributed by atoms with Gasteiger partial charge >= 0.3 is 6.18 Å². The Hall–Kier alpha value is -4.74. The van der Waals surface area contributed by atoms with E-state index in [-0.39, 0.29) is 12.5 Å². The average Bonchev–Trinajstić information content (AvgIpc) is 3.55. The number of unbranched alkanes of at least 4 members (excludes halogenated alkanes) is 1. The third kappa shape index (κ3) is 5.80. The summed E-state index contributed by atoms with van der Waals surface area (Å²) in [7, 11) is 1.78. The predicted octanol–water partition coefficient (Wildman–Crippen LogP) is 5.39. The van der Waals surface area contributed by atoms with E-state index in [9.17, 15) is 18.0 Å². The molecule has 2 aromatic heterocycles. The topological polar surface area (TPSA) is 106 Å². The van der Waals surface area contributed by atoms with Gasteiger partial charge in [-0.05, 0) is 76.9 Å². The fourth-order valence-electron chi connectivity index (χ4n) is 4.46. The van der Waals surface area contributed by atoms with Gasteiger partial charge in [-0.15, -0.1) is 0 Å². The van der Waals surface area contributed by atoms with Gasteiger partial charge in [-0.1, -0.05) is 42.7 Å². The molecule has 0 unspecified atom stereocenters. The smallest absolute Gasteiger partial charge is 0.313 e. The van der Waals surface area contributed by atoms with E-state index >= 15 is 0 Å². The van der Waals surface area contributed by atoms with Gasteiger partial charge in [-0.2, -0.15) is 13.2 Å². The highest BCUT2D eigenvalue weighted by molar-refractivity contribution is 6.03. The number of tetrazole rings is 1. The number of hydrogen-bond acceptors (Lipinski definition) is 5. The molecule has 0 aliphatic carbocycles. The van der Waals surface area contributed by atoms with Crippen LogP contribution >= 0.6 is 0 Å². The Balaban J connectivity index is 1.53. The lowest BCUT2D eigenvalue weighted by atomic mass is 10.1. The normalized spacial score (nSPS) is 12.3. The second kappa shape index (κ2) is 11.2. The maximum Gasteiger partial charge on any atom is 0.416 e. The van der Waals surface area contributed by atoms with Gasteiger partial charge in [0.2, 0.25) is 11.6 Å². The minimum absolute atomic E-state index is 0.116. The van der Waals surface area contributed by atoms with E-state index in [4.69, 9.17) is 4.99 Å². The number of amides is 1. The van der Waals surface area contributed by atoms with Crippen molar-refractivity contribution in [2.45, 2.75) is 38.9 Å². The molecule has 12 heteroatoms. The van der Waals surface area contributed by atoms with E-state index < -0.39 is 17.6 Å². The van der Waals surface area contributed by atoms with Crippen molar-refractivity contribution in [2.24, 2.45) is 12.0 Å². The first-order valence-electron chi connectivity index (χ1n) is 12.8. The van der Waals surface area contributed by atoms with E-state index in [1.165, 1.54) is 11.6 Å². The Morgan fingerprint density at radius 2 is 1.73 bits per heavy atom. The molecule has 40 heavy (non-hydrogen) atoms. The zero-order chi connectivity index (χ0) is 28.3. The van der Waals surface area contributed by atoms with Crippen molar-refractivity contribution < 1.29 is 18.0 Å². The molecule has 5 rings (SSSR count). The number of anilines is 1. The minimum atomic E-state index is -4.48. The number of fused-ring (bicyclic) bond motifs is 1. The Kier molecular flexibility index (Phi) is 7.50. The molecule has 0 aliphatic heterocycles. The molecule has 2 N–H and O–H groups in total. The summed E-state index contributed by atoms with van der Waals surface area (Å²) < 4.78 is 44.4. The SMILES string of the molecule is CCCCc1ccc(N=c2n(C)c3ccc(C(F)(F)F)cc3n2Cc2ccc(C(=O)Nc3nnn[nH]3)cc2)cc1. The number of alkyl halides is 3. The summed E-state index contributed by atoms with van der Waals surface area (Å²) >= 11 is 0. The van der Waals surface area contributed by atoms with Crippen LogP contribution in [-0.4, -0.2) is 35.7 Å². The second-order valence-corrected chi connectivity index (χ2v) is 9.43. The summed E-state index contributed by atoms with van der Waals surface area (Å²) in [6, 6.07) is 18.4. The van der Waals surface area contributed by atoms with Crippen molar-refractivity contribution in [2.75, 3.05) is 5.32 Å². The lowest BCUT2D eigenvalue weighted by molar-refractivity contribution is -0.137. The molecule has 0 spiro atoms. The maximum atomic E-state index is 13.6. The van der Waals surface area contributed by atoms with Gasteiger partial charge in [-0.25, -0.2) is 10.1 Å². The van der Waals surface area contributed by atoms with Crippen LogP contribution in [0.2, 0.25) is 0 Å². The van der Waals surface area contributed by atoms with E-state index in [1.807, 2.05) is 24.3 Å². The number of halogens is 3. The first-order chi connectivity index (χ1) is 19.2. The zero-order valence-corrected chi connectivity index (χ0v) is 21.9. The molecule has 0 radical (unpaired) electrons. The summed E-state index contributed by atoms with van der Waals surface area (Å²) in [5, 5.41) is 15.5. The van der Waals surface area contributed by atoms with E-state index in [0.29, 0.717) is 27.9 Å². The number of rotatable bonds is 8. The van der Waals surface area contributed by atoms with Gasteiger partial charge < -0.3 is 9.13 Å². The van der Waals surface area contributed by atoms with Crippen LogP contribution in [0.25, 0.3) is 11.0 Å². The molecule has 2 heterocycles. The fourth-order valence-corrected chi connectivity index (χ4v) is 4.46. The van der Waals surface area contributed by atoms with Crippen LogP contribution in [0.3, 0.4) is 0 Å². The zero-order valence-electron chi connectivity index (χ0n) is 21.9. The minimum Gasteiger partial charge on any atom is -0.313 e. The van der Waals surface area contributed by atoms with Crippen LogP contribution in [0.1, 0.15) is 46.8 Å². The quantitative estimate of drug-likeness (QED) is 0.271. The summed E-state index contributed by atoms with van der Waals surface area (Å²) in [6.07, 6.45) is -1.30. The Labute approximate surface area is 227 Å². The van der Waals surface area contributed by atoms with Crippen LogP contribution in [0.15, 0.2) is 71.7 Å². The van der Waals surface area contributed by atoms with Gasteiger partial charge in [0.15, 0.2) is 0 Å². The van der Waals surface area contributed by atoms with Crippen molar-refractivity contribution >= 4 is 28.6 Å². The molecular formula is C28H27F3N8O. The second-order valence-electron chi connectivity index (χ2n) is 9.43. The summed E-state index contributed by atoms with van der Waals surface area (Å²) in [5.41, 5.74) is 3.83. The third-order valence-electron chi connectivity index (χ3n) is 6.61. The molecule has 0 aliphatic rings. The average molecular weight is 549 g/mol. The van der Waals surface area contributed by atoms with Gasteiger partial charge in [0.05, 0.1) is 28.8 Å². The predicted molar refractivity (Wildman–Crippen MR) is 144 cm³/mol. The number of benzene rings is 3. The number of nitrogens with one attached hydrogen (secondary N) is 2. The first-order valence-corrected chi connectivity index (χ1v) is 12.8. The molecule has 5 aromatic rings. The standard InChI is InChI=1S/C28H27F3N8O/c1-3-4-5-18-8-13-22(14-9-18)32-27-38(2)23-15-12-21(28(29,30)31)16-24(23)39(27)17-19-6-10-20(11-7-19)25(40)33-26-34-36-37-35-26/h6-16H,3-5,17H2,1-2H3,(H2,33,34,35,36,37,40). The molecule has 0 atom stereocenters. The molecule has 0 saturated heterocycles. The molecule has 206 valence electrons. The van der Waals surface area contributed by atoms with Crippen LogP contribution < -0.4 is 10.9 Å². The number of nitrogens with zero attached hydrogens (tertiary/aromatic N) is 6. The number of aryl methyl sites for hydroxylation is 2. The monoisotopic (exact) mass is 548 g/mol. The van der Waals surface area contributed by atoms with Gasteiger partial charge in [0, 0.05) is 12.6 Å². The van der Waals surface area contributed by atoms with Crippen LogP contribution in [0.5, 0.6) is 0 Å². The number of aromatic nitrogens is 6. The molecule has 0 fully saturated rings. The Bertz CT molecular complexity index is 1680.